The van der Waals surface area contributed by atoms with Gasteiger partial charge in [0.15, 0.2) is 0 Å². The summed E-state index contributed by atoms with van der Waals surface area (Å²) in [6, 6.07) is 2.50. The molecule has 1 aliphatic heterocycles. The van der Waals surface area contributed by atoms with Crippen molar-refractivity contribution in [2.24, 2.45) is 0 Å². The lowest BCUT2D eigenvalue weighted by Crippen LogP contribution is -2.33. The minimum absolute atomic E-state index is 0.317. The van der Waals surface area contributed by atoms with Crippen molar-refractivity contribution in [3.63, 3.8) is 0 Å². The van der Waals surface area contributed by atoms with Gasteiger partial charge < -0.3 is 39.5 Å². The van der Waals surface area contributed by atoms with Crippen molar-refractivity contribution in [3.8, 4) is 0 Å². The Labute approximate surface area is 162 Å². The summed E-state index contributed by atoms with van der Waals surface area (Å²) in [4.78, 5) is 49.1. The highest BCUT2D eigenvalue weighted by atomic mass is 31.3. The summed E-state index contributed by atoms with van der Waals surface area (Å²) in [5.74, 6) is 0. The van der Waals surface area contributed by atoms with Gasteiger partial charge in [-0.2, -0.15) is 8.62 Å². The number of hydrogen-bond acceptors (Lipinski definition) is 10. The van der Waals surface area contributed by atoms with E-state index in [0.29, 0.717) is 11.3 Å². The smallest absolute Gasteiger partial charge is 0.387 e. The number of pyridine rings is 1. The van der Waals surface area contributed by atoms with Gasteiger partial charge in [0.05, 0.1) is 6.61 Å². The largest absolute Gasteiger partial charge is 0.490 e. The number of aliphatic hydroxyl groups excluding tert-OH is 2. The molecule has 1 aromatic heterocycles. The number of aryl methyl sites for hydroxylation is 1. The van der Waals surface area contributed by atoms with Gasteiger partial charge >= 0.3 is 23.5 Å². The number of ether oxygens (including phenoxy) is 1. The van der Waals surface area contributed by atoms with Crippen LogP contribution in [0.15, 0.2) is 16.9 Å². The van der Waals surface area contributed by atoms with Gasteiger partial charge in [-0.05, 0) is 13.0 Å². The molecule has 6 atom stereocenters. The summed E-state index contributed by atoms with van der Waals surface area (Å²) in [5.41, 5.74) is 0.239. The number of H-pyrrole nitrogens is 1. The number of aromatic amines is 1. The fourth-order valence-corrected chi connectivity index (χ4v) is 5.54. The van der Waals surface area contributed by atoms with Gasteiger partial charge in [0.1, 0.15) is 24.4 Å². The van der Waals surface area contributed by atoms with Crippen LogP contribution in [0.25, 0.3) is 0 Å². The van der Waals surface area contributed by atoms with Gasteiger partial charge in [0, 0.05) is 17.3 Å². The summed E-state index contributed by atoms with van der Waals surface area (Å²) >= 11 is 0. The Morgan fingerprint density at radius 3 is 2.21 bits per heavy atom. The Kier molecular flexibility index (Phi) is 7.41. The second-order valence-corrected chi connectivity index (χ2v) is 10.3. The third-order valence-electron chi connectivity index (χ3n) is 3.64. The molecular weight excluding hydrogens is 463 g/mol. The van der Waals surface area contributed by atoms with Crippen LogP contribution in [0.4, 0.5) is 0 Å². The maximum atomic E-state index is 11.7. The highest BCUT2D eigenvalue weighted by Gasteiger charge is 2.46. The molecule has 15 nitrogen and oxygen atoms in total. The van der Waals surface area contributed by atoms with E-state index < -0.39 is 60.1 Å². The van der Waals surface area contributed by atoms with Gasteiger partial charge in [-0.1, -0.05) is 0 Å². The van der Waals surface area contributed by atoms with Crippen molar-refractivity contribution in [3.05, 3.63) is 33.7 Å². The molecule has 2 rings (SSSR count). The van der Waals surface area contributed by atoms with Gasteiger partial charge in [-0.25, -0.2) is 13.7 Å². The minimum Gasteiger partial charge on any atom is -0.387 e. The zero-order valence-corrected chi connectivity index (χ0v) is 17.1. The normalized spacial score (nSPS) is 29.3. The summed E-state index contributed by atoms with van der Waals surface area (Å²) in [6.07, 6.45) is -5.70. The molecule has 1 fully saturated rings. The topological polar surface area (TPSA) is 242 Å². The van der Waals surface area contributed by atoms with E-state index in [1.807, 2.05) is 0 Å². The van der Waals surface area contributed by atoms with E-state index in [2.05, 4.69) is 18.1 Å². The highest BCUT2D eigenvalue weighted by molar-refractivity contribution is 7.66. The summed E-state index contributed by atoms with van der Waals surface area (Å²) in [6.45, 7) is 0.583. The molecule has 7 N–H and O–H groups in total. The van der Waals surface area contributed by atoms with Crippen LogP contribution in [0.1, 0.15) is 17.4 Å². The second-order valence-electron chi connectivity index (χ2n) is 5.87. The predicted molar refractivity (Wildman–Crippen MR) is 91.2 cm³/mol. The Morgan fingerprint density at radius 1 is 1.03 bits per heavy atom. The highest BCUT2D eigenvalue weighted by Crippen LogP contribution is 2.66. The number of aliphatic hydroxyl groups is 2. The summed E-state index contributed by atoms with van der Waals surface area (Å²) in [5, 5.41) is 20.2. The van der Waals surface area contributed by atoms with Gasteiger partial charge in [-0.3, -0.25) is 9.32 Å². The van der Waals surface area contributed by atoms with Gasteiger partial charge in [-0.15, -0.1) is 0 Å². The van der Waals surface area contributed by atoms with Gasteiger partial charge in [0.2, 0.25) is 5.56 Å². The molecule has 18 heteroatoms. The lowest BCUT2D eigenvalue weighted by molar-refractivity contribution is -0.0225. The van der Waals surface area contributed by atoms with E-state index in [1.54, 1.807) is 0 Å². The number of phosphoric acid groups is 3. The molecule has 1 saturated heterocycles. The first-order valence-corrected chi connectivity index (χ1v) is 12.1. The number of aromatic nitrogens is 1. The molecule has 0 saturated carbocycles. The van der Waals surface area contributed by atoms with Crippen LogP contribution in [-0.2, 0) is 31.6 Å². The van der Waals surface area contributed by atoms with Crippen molar-refractivity contribution in [1.29, 1.82) is 0 Å². The Hall–Kier alpha value is -0.760. The van der Waals surface area contributed by atoms with E-state index in [-0.39, 0.29) is 0 Å². The van der Waals surface area contributed by atoms with E-state index in [4.69, 9.17) is 19.4 Å². The van der Waals surface area contributed by atoms with E-state index in [1.165, 1.54) is 13.0 Å². The quantitative estimate of drug-likeness (QED) is 0.225. The third kappa shape index (κ3) is 6.88. The lowest BCUT2D eigenvalue weighted by atomic mass is 10.0. The Morgan fingerprint density at radius 2 is 1.66 bits per heavy atom. The molecule has 3 unspecified atom stereocenters. The van der Waals surface area contributed by atoms with Crippen LogP contribution in [0, 0.1) is 6.92 Å². The molecule has 0 radical (unpaired) electrons. The number of hydrogen-bond donors (Lipinski definition) is 7. The van der Waals surface area contributed by atoms with Crippen LogP contribution in [0.5, 0.6) is 0 Å². The molecule has 0 bridgehead atoms. The van der Waals surface area contributed by atoms with E-state index in [0.717, 1.165) is 6.07 Å². The Bertz CT molecular complexity index is 941. The number of phosphoric ester groups is 1. The maximum absolute atomic E-state index is 11.7. The molecule has 166 valence electrons. The van der Waals surface area contributed by atoms with Gasteiger partial charge in [0.25, 0.3) is 0 Å². The fourth-order valence-electron chi connectivity index (χ4n) is 2.51. The van der Waals surface area contributed by atoms with Crippen LogP contribution >= 0.6 is 23.5 Å². The first-order chi connectivity index (χ1) is 13.1. The molecule has 0 aromatic carbocycles. The molecule has 0 aliphatic carbocycles. The van der Waals surface area contributed by atoms with E-state index in [9.17, 15) is 33.6 Å². The summed E-state index contributed by atoms with van der Waals surface area (Å²) < 4.78 is 50.4. The number of nitrogens with one attached hydrogen (secondary N) is 1. The van der Waals surface area contributed by atoms with E-state index >= 15 is 0 Å². The van der Waals surface area contributed by atoms with Crippen LogP contribution in [0.3, 0.4) is 0 Å². The molecule has 29 heavy (non-hydrogen) atoms. The van der Waals surface area contributed by atoms with Crippen molar-refractivity contribution in [2.45, 2.75) is 31.3 Å². The van der Waals surface area contributed by atoms with Crippen LogP contribution in [-0.4, -0.2) is 59.7 Å². The zero-order chi connectivity index (χ0) is 22.2. The van der Waals surface area contributed by atoms with Crippen molar-refractivity contribution in [1.82, 2.24) is 4.98 Å². The minimum atomic E-state index is -5.68. The first-order valence-electron chi connectivity index (χ1n) is 7.60. The molecule has 0 amide bonds. The summed E-state index contributed by atoms with van der Waals surface area (Å²) in [7, 11) is -16.6. The average molecular weight is 481 g/mol. The zero-order valence-electron chi connectivity index (χ0n) is 14.5. The standard InChI is InChI=1S/C11H18NO14P3/c1-5-6(2-3-8(13)12-5)11-10(15)9(14)7(24-11)4-23-28(19,20)26-29(21,22)25-27(16,17)18/h2-3,7,9-11,14-15H,4H2,1H3,(H,12,13)(H,19,20)(H,21,22)(H2,16,17,18)/t7-,9+,10?,11+/m1/s1. The fraction of sp³-hybridized carbons (Fsp3) is 0.545. The van der Waals surface area contributed by atoms with Crippen LogP contribution < -0.4 is 5.56 Å². The van der Waals surface area contributed by atoms with Crippen molar-refractivity contribution < 1.29 is 61.4 Å². The second kappa shape index (κ2) is 8.77. The molecule has 0 spiro atoms. The van der Waals surface area contributed by atoms with Crippen molar-refractivity contribution >= 4 is 23.5 Å². The van der Waals surface area contributed by atoms with Crippen molar-refractivity contribution in [2.75, 3.05) is 6.61 Å². The number of rotatable bonds is 8. The lowest BCUT2D eigenvalue weighted by Gasteiger charge is -2.19. The predicted octanol–water partition coefficient (Wildman–Crippen LogP) is -0.812. The molecule has 1 aromatic rings. The monoisotopic (exact) mass is 481 g/mol. The third-order valence-corrected chi connectivity index (χ3v) is 7.45. The molecular formula is C11H18NO14P3. The maximum Gasteiger partial charge on any atom is 0.490 e. The Balaban J connectivity index is 2.05. The molecule has 1 aliphatic rings. The average Bonchev–Trinajstić information content (AvgIpc) is 2.78. The first kappa shape index (κ1) is 24.5. The molecule has 2 heterocycles. The van der Waals surface area contributed by atoms with Crippen LogP contribution in [0.2, 0.25) is 0 Å². The SMILES string of the molecule is Cc1[nH]c(=O)ccc1[C@@H]1O[C@H](COP(=O)(O)OP(=O)(O)OP(=O)(O)O)[C@H](O)C1O.